The van der Waals surface area contributed by atoms with Crippen LogP contribution in [-0.4, -0.2) is 25.7 Å². The van der Waals surface area contributed by atoms with Crippen LogP contribution in [0.3, 0.4) is 0 Å². The molecule has 0 aromatic carbocycles. The summed E-state index contributed by atoms with van der Waals surface area (Å²) in [5, 5.41) is 3.28. The van der Waals surface area contributed by atoms with Crippen molar-refractivity contribution in [2.45, 2.75) is 77.6 Å². The van der Waals surface area contributed by atoms with Gasteiger partial charge in [-0.2, -0.15) is 0 Å². The molecule has 3 nitrogen and oxygen atoms in total. The fourth-order valence-electron chi connectivity index (χ4n) is 2.32. The average Bonchev–Trinajstić information content (AvgIpc) is 2.50. The maximum Gasteiger partial charge on any atom is 0.330 e. The third-order valence-corrected chi connectivity index (χ3v) is 3.65. The van der Waals surface area contributed by atoms with Gasteiger partial charge in [0.15, 0.2) is 0 Å². The summed E-state index contributed by atoms with van der Waals surface area (Å²) in [6.45, 7) is 7.80. The smallest absolute Gasteiger partial charge is 0.330 e. The molecule has 0 amide bonds. The summed E-state index contributed by atoms with van der Waals surface area (Å²) in [5.74, 6) is -0.341. The van der Waals surface area contributed by atoms with Gasteiger partial charge in [-0.05, 0) is 13.0 Å². The molecule has 0 heterocycles. The zero-order valence-electron chi connectivity index (χ0n) is 14.0. The van der Waals surface area contributed by atoms with Gasteiger partial charge in [-0.15, -0.1) is 0 Å². The number of carbonyl (C=O) groups excluding carboxylic acids is 1. The summed E-state index contributed by atoms with van der Waals surface area (Å²) in [5.41, 5.74) is 0. The van der Waals surface area contributed by atoms with E-state index in [-0.39, 0.29) is 5.97 Å². The molecule has 0 aliphatic rings. The number of unbranched alkanes of at least 4 members (excludes halogenated alkanes) is 10. The molecule has 0 fully saturated rings. The lowest BCUT2D eigenvalue weighted by Crippen LogP contribution is -2.21. The molecular formula is C18H35NO2. The number of hydrogen-bond acceptors (Lipinski definition) is 3. The third-order valence-electron chi connectivity index (χ3n) is 3.65. The minimum atomic E-state index is -0.341. The molecule has 21 heavy (non-hydrogen) atoms. The molecule has 0 aliphatic heterocycles. The Morgan fingerprint density at radius 2 is 1.43 bits per heavy atom. The van der Waals surface area contributed by atoms with E-state index in [1.807, 2.05) is 0 Å². The van der Waals surface area contributed by atoms with Crippen LogP contribution in [-0.2, 0) is 9.53 Å². The highest BCUT2D eigenvalue weighted by molar-refractivity contribution is 5.81. The zero-order valence-corrected chi connectivity index (χ0v) is 14.0. The van der Waals surface area contributed by atoms with Crippen molar-refractivity contribution in [3.8, 4) is 0 Å². The second-order valence-corrected chi connectivity index (χ2v) is 5.66. The van der Waals surface area contributed by atoms with Crippen molar-refractivity contribution in [2.24, 2.45) is 0 Å². The first-order valence-corrected chi connectivity index (χ1v) is 8.81. The van der Waals surface area contributed by atoms with Crippen LogP contribution >= 0.6 is 0 Å². The molecule has 0 radical (unpaired) electrons. The quantitative estimate of drug-likeness (QED) is 0.257. The van der Waals surface area contributed by atoms with Crippen molar-refractivity contribution in [1.29, 1.82) is 0 Å². The number of hydrogen-bond donors (Lipinski definition) is 1. The van der Waals surface area contributed by atoms with E-state index in [1.165, 1.54) is 76.7 Å². The van der Waals surface area contributed by atoms with Crippen LogP contribution in [0.2, 0.25) is 0 Å². The van der Waals surface area contributed by atoms with E-state index in [9.17, 15) is 4.79 Å². The molecule has 1 N–H and O–H groups in total. The van der Waals surface area contributed by atoms with E-state index in [0.717, 1.165) is 13.1 Å². The van der Waals surface area contributed by atoms with Gasteiger partial charge in [0.1, 0.15) is 6.61 Å². The average molecular weight is 297 g/mol. The molecule has 0 aromatic heterocycles. The first-order chi connectivity index (χ1) is 10.3. The van der Waals surface area contributed by atoms with Gasteiger partial charge in [-0.3, -0.25) is 0 Å². The van der Waals surface area contributed by atoms with Crippen molar-refractivity contribution < 1.29 is 9.53 Å². The van der Waals surface area contributed by atoms with Gasteiger partial charge in [0.2, 0.25) is 0 Å². The highest BCUT2D eigenvalue weighted by atomic mass is 16.5. The van der Waals surface area contributed by atoms with Crippen molar-refractivity contribution in [3.05, 3.63) is 12.7 Å². The Morgan fingerprint density at radius 1 is 0.905 bits per heavy atom. The fraction of sp³-hybridized carbons (Fsp3) is 0.833. The molecular weight excluding hydrogens is 262 g/mol. The summed E-state index contributed by atoms with van der Waals surface area (Å²) < 4.78 is 4.88. The minimum absolute atomic E-state index is 0.341. The third kappa shape index (κ3) is 17.1. The van der Waals surface area contributed by atoms with Gasteiger partial charge < -0.3 is 10.1 Å². The Labute approximate surface area is 131 Å². The molecule has 0 saturated carbocycles. The van der Waals surface area contributed by atoms with Crippen LogP contribution in [0, 0.1) is 0 Å². The molecule has 3 heteroatoms. The predicted molar refractivity (Wildman–Crippen MR) is 90.5 cm³/mol. The SMILES string of the molecule is C=CC(=O)OCCNCCCCCCCCCCCCC. The maximum atomic E-state index is 10.8. The standard InChI is InChI=1S/C18H35NO2/c1-3-5-6-7-8-9-10-11-12-13-14-15-19-16-17-21-18(20)4-2/h4,19H,2-3,5-17H2,1H3. The molecule has 124 valence electrons. The van der Waals surface area contributed by atoms with Crippen molar-refractivity contribution >= 4 is 5.97 Å². The van der Waals surface area contributed by atoms with Crippen LogP contribution in [0.4, 0.5) is 0 Å². The molecule has 0 rings (SSSR count). The fourth-order valence-corrected chi connectivity index (χ4v) is 2.32. The van der Waals surface area contributed by atoms with E-state index in [0.29, 0.717) is 6.61 Å². The molecule has 0 unspecified atom stereocenters. The summed E-state index contributed by atoms with van der Waals surface area (Å²) in [6, 6.07) is 0. The molecule has 0 bridgehead atoms. The summed E-state index contributed by atoms with van der Waals surface area (Å²) >= 11 is 0. The van der Waals surface area contributed by atoms with Crippen molar-refractivity contribution in [3.63, 3.8) is 0 Å². The van der Waals surface area contributed by atoms with E-state index < -0.39 is 0 Å². The summed E-state index contributed by atoms with van der Waals surface area (Å²) in [6.07, 6.45) is 16.3. The van der Waals surface area contributed by atoms with E-state index in [1.54, 1.807) is 0 Å². The highest BCUT2D eigenvalue weighted by Crippen LogP contribution is 2.10. The van der Waals surface area contributed by atoms with Crippen LogP contribution in [0.5, 0.6) is 0 Å². The number of carbonyl (C=O) groups is 1. The maximum absolute atomic E-state index is 10.8. The van der Waals surface area contributed by atoms with Gasteiger partial charge in [0, 0.05) is 12.6 Å². The second-order valence-electron chi connectivity index (χ2n) is 5.66. The largest absolute Gasteiger partial charge is 0.461 e. The van der Waals surface area contributed by atoms with Crippen LogP contribution in [0.15, 0.2) is 12.7 Å². The first kappa shape index (κ1) is 20.2. The Hall–Kier alpha value is -0.830. The van der Waals surface area contributed by atoms with Gasteiger partial charge in [0.25, 0.3) is 0 Å². The van der Waals surface area contributed by atoms with Crippen molar-refractivity contribution in [1.82, 2.24) is 5.32 Å². The normalized spacial score (nSPS) is 10.5. The monoisotopic (exact) mass is 297 g/mol. The molecule has 0 aromatic rings. The van der Waals surface area contributed by atoms with E-state index >= 15 is 0 Å². The van der Waals surface area contributed by atoms with Crippen LogP contribution < -0.4 is 5.32 Å². The van der Waals surface area contributed by atoms with Crippen LogP contribution in [0.25, 0.3) is 0 Å². The molecule has 0 aliphatic carbocycles. The Morgan fingerprint density at radius 3 is 1.95 bits per heavy atom. The predicted octanol–water partition coefficient (Wildman–Crippen LogP) is 4.62. The topological polar surface area (TPSA) is 38.3 Å². The van der Waals surface area contributed by atoms with Gasteiger partial charge in [-0.25, -0.2) is 4.79 Å². The van der Waals surface area contributed by atoms with E-state index in [2.05, 4.69) is 18.8 Å². The molecule has 0 atom stereocenters. The van der Waals surface area contributed by atoms with Gasteiger partial charge >= 0.3 is 5.97 Å². The highest BCUT2D eigenvalue weighted by Gasteiger charge is 1.95. The minimum Gasteiger partial charge on any atom is -0.461 e. The lowest BCUT2D eigenvalue weighted by Gasteiger charge is -2.05. The Kier molecular flexibility index (Phi) is 16.5. The first-order valence-electron chi connectivity index (χ1n) is 8.81. The van der Waals surface area contributed by atoms with Crippen molar-refractivity contribution in [2.75, 3.05) is 19.7 Å². The lowest BCUT2D eigenvalue weighted by atomic mass is 10.1. The molecule has 0 saturated heterocycles. The zero-order chi connectivity index (χ0) is 15.6. The van der Waals surface area contributed by atoms with Crippen LogP contribution in [0.1, 0.15) is 77.6 Å². The number of rotatable bonds is 16. The summed E-state index contributed by atoms with van der Waals surface area (Å²) in [4.78, 5) is 10.8. The Bertz CT molecular complexity index is 241. The number of esters is 1. The van der Waals surface area contributed by atoms with Gasteiger partial charge in [0.05, 0.1) is 0 Å². The summed E-state index contributed by atoms with van der Waals surface area (Å²) in [7, 11) is 0. The lowest BCUT2D eigenvalue weighted by molar-refractivity contribution is -0.137. The second kappa shape index (κ2) is 17.2. The van der Waals surface area contributed by atoms with E-state index in [4.69, 9.17) is 4.74 Å². The number of ether oxygens (including phenoxy) is 1. The Balaban J connectivity index is 2.99. The van der Waals surface area contributed by atoms with Gasteiger partial charge in [-0.1, -0.05) is 77.7 Å². The molecule has 0 spiro atoms. The number of nitrogens with one attached hydrogen (secondary N) is 1.